The summed E-state index contributed by atoms with van der Waals surface area (Å²) < 4.78 is 1.15. The minimum atomic E-state index is -0.332. The van der Waals surface area contributed by atoms with Gasteiger partial charge in [-0.3, -0.25) is 0 Å². The Morgan fingerprint density at radius 1 is 1.46 bits per heavy atom. The smallest absolute Gasteiger partial charge is 0.153 e. The van der Waals surface area contributed by atoms with Gasteiger partial charge in [-0.25, -0.2) is 4.98 Å². The first kappa shape index (κ1) is 8.66. The highest BCUT2D eigenvalue weighted by atomic mass is 32.1. The SMILES string of the molecule is CC(C)(N)c1cccc2s[c]nc12. The molecule has 2 nitrogen and oxygen atoms in total. The topological polar surface area (TPSA) is 38.9 Å². The summed E-state index contributed by atoms with van der Waals surface area (Å²) in [5.41, 5.74) is 10.7. The third kappa shape index (κ3) is 1.45. The second-order valence-electron chi connectivity index (χ2n) is 3.68. The lowest BCUT2D eigenvalue weighted by atomic mass is 9.95. The molecule has 0 bridgehead atoms. The number of hydrogen-bond acceptors (Lipinski definition) is 3. The van der Waals surface area contributed by atoms with Crippen LogP contribution in [0.25, 0.3) is 10.2 Å². The predicted molar refractivity (Wildman–Crippen MR) is 55.7 cm³/mol. The Morgan fingerprint density at radius 2 is 2.23 bits per heavy atom. The Labute approximate surface area is 81.4 Å². The van der Waals surface area contributed by atoms with Crippen molar-refractivity contribution < 1.29 is 0 Å². The van der Waals surface area contributed by atoms with E-state index in [1.165, 1.54) is 11.3 Å². The molecule has 0 saturated heterocycles. The maximum atomic E-state index is 6.03. The molecule has 13 heavy (non-hydrogen) atoms. The molecule has 2 N–H and O–H groups in total. The van der Waals surface area contributed by atoms with Crippen molar-refractivity contribution in [3.05, 3.63) is 29.3 Å². The van der Waals surface area contributed by atoms with Gasteiger partial charge >= 0.3 is 0 Å². The molecule has 0 atom stereocenters. The Hall–Kier alpha value is -0.930. The van der Waals surface area contributed by atoms with E-state index in [0.29, 0.717) is 0 Å². The molecule has 3 heteroatoms. The first-order chi connectivity index (χ1) is 6.09. The maximum absolute atomic E-state index is 6.03. The summed E-state index contributed by atoms with van der Waals surface area (Å²) in [5, 5.41) is 0. The van der Waals surface area contributed by atoms with Gasteiger partial charge in [0.15, 0.2) is 5.51 Å². The van der Waals surface area contributed by atoms with Crippen molar-refractivity contribution in [1.29, 1.82) is 0 Å². The quantitative estimate of drug-likeness (QED) is 0.751. The summed E-state index contributed by atoms with van der Waals surface area (Å²) in [6.07, 6.45) is 0. The van der Waals surface area contributed by atoms with Gasteiger partial charge in [0.05, 0.1) is 10.2 Å². The van der Waals surface area contributed by atoms with Gasteiger partial charge in [0.25, 0.3) is 0 Å². The van der Waals surface area contributed by atoms with Crippen molar-refractivity contribution in [2.24, 2.45) is 5.73 Å². The first-order valence-corrected chi connectivity index (χ1v) is 4.95. The number of nitrogens with two attached hydrogens (primary N) is 1. The van der Waals surface area contributed by atoms with Crippen LogP contribution in [-0.2, 0) is 5.54 Å². The van der Waals surface area contributed by atoms with Crippen LogP contribution in [0.3, 0.4) is 0 Å². The Bertz CT molecular complexity index is 426. The minimum absolute atomic E-state index is 0.332. The van der Waals surface area contributed by atoms with Crippen LogP contribution in [0, 0.1) is 5.51 Å². The number of hydrogen-bond donors (Lipinski definition) is 1. The molecule has 0 spiro atoms. The molecule has 1 radical (unpaired) electrons. The summed E-state index contributed by atoms with van der Waals surface area (Å²) >= 11 is 1.53. The molecule has 0 aliphatic rings. The van der Waals surface area contributed by atoms with E-state index in [1.807, 2.05) is 32.0 Å². The van der Waals surface area contributed by atoms with Gasteiger partial charge in [0, 0.05) is 5.54 Å². The van der Waals surface area contributed by atoms with Crippen LogP contribution in [0.4, 0.5) is 0 Å². The van der Waals surface area contributed by atoms with Crippen LogP contribution in [-0.4, -0.2) is 4.98 Å². The number of rotatable bonds is 1. The predicted octanol–water partition coefficient (Wildman–Crippen LogP) is 2.29. The van der Waals surface area contributed by atoms with E-state index >= 15 is 0 Å². The summed E-state index contributed by atoms with van der Waals surface area (Å²) in [7, 11) is 0. The van der Waals surface area contributed by atoms with Gasteiger partial charge in [-0.1, -0.05) is 12.1 Å². The minimum Gasteiger partial charge on any atom is -0.322 e. The number of nitrogens with zero attached hydrogens (tertiary/aromatic N) is 1. The fourth-order valence-electron chi connectivity index (χ4n) is 1.36. The van der Waals surface area contributed by atoms with Gasteiger partial charge < -0.3 is 5.73 Å². The van der Waals surface area contributed by atoms with E-state index in [1.54, 1.807) is 0 Å². The van der Waals surface area contributed by atoms with Crippen LogP contribution < -0.4 is 5.73 Å². The molecule has 1 aromatic heterocycles. The lowest BCUT2D eigenvalue weighted by molar-refractivity contribution is 0.559. The second kappa shape index (κ2) is 2.79. The summed E-state index contributed by atoms with van der Waals surface area (Å²) in [4.78, 5) is 4.20. The second-order valence-corrected chi connectivity index (χ2v) is 4.51. The average molecular weight is 191 g/mol. The Balaban J connectivity index is 2.75. The van der Waals surface area contributed by atoms with Gasteiger partial charge in [0.1, 0.15) is 0 Å². The molecule has 2 aromatic rings. The molecular formula is C10H11N2S. The zero-order valence-corrected chi connectivity index (χ0v) is 8.48. The van der Waals surface area contributed by atoms with Crippen LogP contribution in [0.5, 0.6) is 0 Å². The highest BCUT2D eigenvalue weighted by Crippen LogP contribution is 2.27. The fourth-order valence-corrected chi connectivity index (χ4v) is 1.99. The van der Waals surface area contributed by atoms with E-state index in [0.717, 1.165) is 15.8 Å². The van der Waals surface area contributed by atoms with E-state index in [2.05, 4.69) is 10.5 Å². The summed E-state index contributed by atoms with van der Waals surface area (Å²) in [6, 6.07) is 6.08. The number of para-hydroxylation sites is 1. The normalized spacial score (nSPS) is 12.2. The standard InChI is InChI=1S/C10H11N2S/c1-10(2,11)7-4-3-5-8-9(7)12-6-13-8/h3-5H,11H2,1-2H3. The van der Waals surface area contributed by atoms with E-state index in [-0.39, 0.29) is 5.54 Å². The van der Waals surface area contributed by atoms with Gasteiger partial charge in [0.2, 0.25) is 0 Å². The molecule has 0 saturated carbocycles. The highest BCUT2D eigenvalue weighted by molar-refractivity contribution is 7.16. The molecule has 0 amide bonds. The lowest BCUT2D eigenvalue weighted by Crippen LogP contribution is -2.28. The molecular weight excluding hydrogens is 180 g/mol. The molecule has 0 unspecified atom stereocenters. The summed E-state index contributed by atoms with van der Waals surface area (Å²) in [5.74, 6) is 0. The molecule has 2 rings (SSSR count). The molecule has 0 aliphatic carbocycles. The number of aromatic nitrogens is 1. The van der Waals surface area contributed by atoms with Crippen LogP contribution in [0.1, 0.15) is 19.4 Å². The Kier molecular flexibility index (Phi) is 1.86. The number of benzene rings is 1. The van der Waals surface area contributed by atoms with Crippen molar-refractivity contribution in [2.75, 3.05) is 0 Å². The third-order valence-electron chi connectivity index (χ3n) is 2.01. The molecule has 0 fully saturated rings. The largest absolute Gasteiger partial charge is 0.322 e. The molecule has 1 aromatic carbocycles. The van der Waals surface area contributed by atoms with E-state index in [4.69, 9.17) is 5.73 Å². The van der Waals surface area contributed by atoms with Crippen molar-refractivity contribution in [2.45, 2.75) is 19.4 Å². The fraction of sp³-hybridized carbons (Fsp3) is 0.300. The van der Waals surface area contributed by atoms with Gasteiger partial charge in [-0.05, 0) is 25.5 Å². The van der Waals surface area contributed by atoms with Crippen LogP contribution in [0.2, 0.25) is 0 Å². The van der Waals surface area contributed by atoms with E-state index < -0.39 is 0 Å². The van der Waals surface area contributed by atoms with Crippen molar-refractivity contribution >= 4 is 21.6 Å². The molecule has 67 valence electrons. The molecule has 1 heterocycles. The summed E-state index contributed by atoms with van der Waals surface area (Å²) in [6.45, 7) is 3.97. The third-order valence-corrected chi connectivity index (χ3v) is 2.74. The molecule has 0 aliphatic heterocycles. The monoisotopic (exact) mass is 191 g/mol. The number of fused-ring (bicyclic) bond motifs is 1. The van der Waals surface area contributed by atoms with Crippen molar-refractivity contribution in [3.8, 4) is 0 Å². The highest BCUT2D eigenvalue weighted by Gasteiger charge is 2.17. The zero-order chi connectivity index (χ0) is 9.47. The van der Waals surface area contributed by atoms with Crippen LogP contribution >= 0.6 is 11.3 Å². The van der Waals surface area contributed by atoms with E-state index in [9.17, 15) is 0 Å². The average Bonchev–Trinajstić information content (AvgIpc) is 2.48. The van der Waals surface area contributed by atoms with Gasteiger partial charge in [-0.15, -0.1) is 11.3 Å². The Morgan fingerprint density at radius 3 is 2.92 bits per heavy atom. The van der Waals surface area contributed by atoms with Crippen molar-refractivity contribution in [1.82, 2.24) is 4.98 Å². The number of thiazole rings is 1. The first-order valence-electron chi connectivity index (χ1n) is 4.14. The van der Waals surface area contributed by atoms with Crippen molar-refractivity contribution in [3.63, 3.8) is 0 Å². The van der Waals surface area contributed by atoms with Crippen LogP contribution in [0.15, 0.2) is 18.2 Å². The zero-order valence-electron chi connectivity index (χ0n) is 7.66. The van der Waals surface area contributed by atoms with Gasteiger partial charge in [-0.2, -0.15) is 0 Å². The lowest BCUT2D eigenvalue weighted by Gasteiger charge is -2.19. The maximum Gasteiger partial charge on any atom is 0.153 e.